The summed E-state index contributed by atoms with van der Waals surface area (Å²) in [5.74, 6) is 0.472. The zero-order chi connectivity index (χ0) is 15.6. The molecule has 1 heterocycles. The fourth-order valence-corrected chi connectivity index (χ4v) is 2.24. The molecule has 0 fully saturated rings. The minimum absolute atomic E-state index is 0.105. The highest BCUT2D eigenvalue weighted by Crippen LogP contribution is 2.25. The number of rotatable bonds is 2. The van der Waals surface area contributed by atoms with Crippen molar-refractivity contribution in [2.24, 2.45) is 4.99 Å². The number of nitriles is 1. The SMILES string of the molecule is CN(C)C1=NCC(=O)/C1=C(\C#N)c1ccc(N(C)C)cc1. The van der Waals surface area contributed by atoms with E-state index >= 15 is 0 Å². The van der Waals surface area contributed by atoms with Crippen molar-refractivity contribution in [3.8, 4) is 6.07 Å². The van der Waals surface area contributed by atoms with Crippen molar-refractivity contribution in [1.29, 1.82) is 5.26 Å². The van der Waals surface area contributed by atoms with Crippen LogP contribution in [0.3, 0.4) is 0 Å². The molecule has 2 rings (SSSR count). The number of benzene rings is 1. The summed E-state index contributed by atoms with van der Waals surface area (Å²) in [6, 6.07) is 9.74. The van der Waals surface area contributed by atoms with Gasteiger partial charge in [-0.05, 0) is 17.7 Å². The van der Waals surface area contributed by atoms with Gasteiger partial charge in [0, 0.05) is 33.9 Å². The molecule has 5 heteroatoms. The zero-order valence-corrected chi connectivity index (χ0v) is 12.7. The largest absolute Gasteiger partial charge is 0.378 e. The van der Waals surface area contributed by atoms with E-state index in [1.165, 1.54) is 0 Å². The van der Waals surface area contributed by atoms with Gasteiger partial charge < -0.3 is 9.80 Å². The van der Waals surface area contributed by atoms with Gasteiger partial charge in [-0.3, -0.25) is 9.79 Å². The minimum Gasteiger partial charge on any atom is -0.378 e. The van der Waals surface area contributed by atoms with Gasteiger partial charge in [-0.1, -0.05) is 12.1 Å². The van der Waals surface area contributed by atoms with Crippen LogP contribution in [0.5, 0.6) is 0 Å². The van der Waals surface area contributed by atoms with Gasteiger partial charge in [-0.15, -0.1) is 0 Å². The molecule has 0 aromatic heterocycles. The van der Waals surface area contributed by atoms with E-state index in [0.717, 1.165) is 11.3 Å². The second-order valence-corrected chi connectivity index (χ2v) is 5.26. The zero-order valence-electron chi connectivity index (χ0n) is 12.7. The first-order valence-electron chi connectivity index (χ1n) is 6.63. The maximum Gasteiger partial charge on any atom is 0.189 e. The third-order valence-electron chi connectivity index (χ3n) is 3.33. The average molecular weight is 282 g/mol. The summed E-state index contributed by atoms with van der Waals surface area (Å²) in [7, 11) is 7.55. The molecule has 0 unspecified atom stereocenters. The van der Waals surface area contributed by atoms with Crippen molar-refractivity contribution >= 4 is 22.9 Å². The van der Waals surface area contributed by atoms with Crippen LogP contribution < -0.4 is 4.90 Å². The van der Waals surface area contributed by atoms with E-state index in [9.17, 15) is 10.1 Å². The number of aliphatic imine (C=N–C) groups is 1. The quantitative estimate of drug-likeness (QED) is 0.610. The Morgan fingerprint density at radius 3 is 2.24 bits per heavy atom. The number of ketones is 1. The molecular formula is C16H18N4O. The standard InChI is InChI=1S/C16H18N4O/c1-19(2)12-7-5-11(6-8-12)13(9-17)15-14(21)10-18-16(15)20(3)4/h5-8H,10H2,1-4H3/b15-13-. The predicted molar refractivity (Wildman–Crippen MR) is 84.3 cm³/mol. The molecule has 5 nitrogen and oxygen atoms in total. The molecule has 0 bridgehead atoms. The fraction of sp³-hybridized carbons (Fsp3) is 0.312. The van der Waals surface area contributed by atoms with Crippen LogP contribution in [0.1, 0.15) is 5.56 Å². The van der Waals surface area contributed by atoms with Crippen molar-refractivity contribution in [1.82, 2.24) is 4.90 Å². The lowest BCUT2D eigenvalue weighted by Crippen LogP contribution is -2.24. The highest BCUT2D eigenvalue weighted by molar-refractivity contribution is 6.31. The maximum absolute atomic E-state index is 12.1. The smallest absolute Gasteiger partial charge is 0.189 e. The second-order valence-electron chi connectivity index (χ2n) is 5.26. The Bertz CT molecular complexity index is 661. The van der Waals surface area contributed by atoms with Crippen molar-refractivity contribution in [3.05, 3.63) is 35.4 Å². The Balaban J connectivity index is 2.53. The van der Waals surface area contributed by atoms with Gasteiger partial charge in [-0.25, -0.2) is 0 Å². The lowest BCUT2D eigenvalue weighted by Gasteiger charge is -2.15. The van der Waals surface area contributed by atoms with Gasteiger partial charge in [0.1, 0.15) is 18.4 Å². The van der Waals surface area contributed by atoms with Crippen LogP contribution >= 0.6 is 0 Å². The normalized spacial score (nSPS) is 16.3. The van der Waals surface area contributed by atoms with Crippen LogP contribution in [0.4, 0.5) is 5.69 Å². The molecule has 1 aliphatic heterocycles. The Hall–Kier alpha value is -2.61. The van der Waals surface area contributed by atoms with E-state index in [4.69, 9.17) is 0 Å². The lowest BCUT2D eigenvalue weighted by molar-refractivity contribution is -0.113. The summed E-state index contributed by atoms with van der Waals surface area (Å²) >= 11 is 0. The van der Waals surface area contributed by atoms with E-state index in [1.54, 1.807) is 4.90 Å². The molecule has 1 aromatic carbocycles. The van der Waals surface area contributed by atoms with Crippen molar-refractivity contribution in [2.75, 3.05) is 39.6 Å². The first-order valence-corrected chi connectivity index (χ1v) is 6.63. The number of allylic oxidation sites excluding steroid dienone is 1. The molecule has 1 aliphatic rings. The Kier molecular flexibility index (Phi) is 4.08. The van der Waals surface area contributed by atoms with E-state index in [2.05, 4.69) is 11.1 Å². The molecule has 0 radical (unpaired) electrons. The number of Topliss-reactive ketones (excluding diaryl/α,β-unsaturated/α-hetero) is 1. The van der Waals surface area contributed by atoms with Crippen LogP contribution in [-0.2, 0) is 4.79 Å². The molecule has 0 N–H and O–H groups in total. The van der Waals surface area contributed by atoms with Crippen molar-refractivity contribution in [3.63, 3.8) is 0 Å². The third-order valence-corrected chi connectivity index (χ3v) is 3.33. The summed E-state index contributed by atoms with van der Waals surface area (Å²) in [4.78, 5) is 20.0. The van der Waals surface area contributed by atoms with Crippen molar-refractivity contribution < 1.29 is 4.79 Å². The molecule has 108 valence electrons. The highest BCUT2D eigenvalue weighted by atomic mass is 16.1. The Labute approximate surface area is 124 Å². The van der Waals surface area contributed by atoms with E-state index in [0.29, 0.717) is 17.0 Å². The monoisotopic (exact) mass is 282 g/mol. The second kappa shape index (κ2) is 5.80. The first-order chi connectivity index (χ1) is 9.95. The summed E-state index contributed by atoms with van der Waals surface area (Å²) < 4.78 is 0. The minimum atomic E-state index is -0.105. The molecule has 0 saturated heterocycles. The maximum atomic E-state index is 12.1. The molecule has 21 heavy (non-hydrogen) atoms. The first kappa shape index (κ1) is 14.8. The predicted octanol–water partition coefficient (Wildman–Crippen LogP) is 1.57. The summed E-state index contributed by atoms with van der Waals surface area (Å²) in [5, 5.41) is 9.49. The summed E-state index contributed by atoms with van der Waals surface area (Å²) in [5.41, 5.74) is 2.58. The topological polar surface area (TPSA) is 59.7 Å². The number of hydrogen-bond acceptors (Lipinski definition) is 5. The number of hydrogen-bond donors (Lipinski definition) is 0. The molecule has 0 spiro atoms. The third kappa shape index (κ3) is 2.79. The van der Waals surface area contributed by atoms with Crippen LogP contribution in [0.2, 0.25) is 0 Å². The molecular weight excluding hydrogens is 264 g/mol. The van der Waals surface area contributed by atoms with Gasteiger partial charge in [-0.2, -0.15) is 5.26 Å². The Morgan fingerprint density at radius 2 is 1.76 bits per heavy atom. The van der Waals surface area contributed by atoms with Gasteiger partial charge in [0.15, 0.2) is 5.78 Å². The lowest BCUT2D eigenvalue weighted by atomic mass is 9.98. The number of anilines is 1. The van der Waals surface area contributed by atoms with Crippen LogP contribution in [0, 0.1) is 11.3 Å². The molecule has 0 amide bonds. The molecule has 1 aromatic rings. The van der Waals surface area contributed by atoms with Gasteiger partial charge in [0.05, 0.1) is 11.1 Å². The van der Waals surface area contributed by atoms with Crippen LogP contribution in [0.15, 0.2) is 34.8 Å². The van der Waals surface area contributed by atoms with Gasteiger partial charge >= 0.3 is 0 Å². The number of carbonyl (C=O) groups is 1. The highest BCUT2D eigenvalue weighted by Gasteiger charge is 2.28. The van der Waals surface area contributed by atoms with E-state index < -0.39 is 0 Å². The summed E-state index contributed by atoms with van der Waals surface area (Å²) in [6.45, 7) is 0.115. The number of carbonyl (C=O) groups excluding carboxylic acids is 1. The number of likely N-dealkylation sites (N-methyl/N-ethyl adjacent to an activating group) is 1. The Morgan fingerprint density at radius 1 is 1.14 bits per heavy atom. The van der Waals surface area contributed by atoms with Crippen LogP contribution in [0.25, 0.3) is 5.57 Å². The van der Waals surface area contributed by atoms with Gasteiger partial charge in [0.25, 0.3) is 0 Å². The molecule has 0 atom stereocenters. The van der Waals surface area contributed by atoms with Gasteiger partial charge in [0.2, 0.25) is 0 Å². The fourth-order valence-electron chi connectivity index (χ4n) is 2.24. The number of amidine groups is 1. The molecule has 0 saturated carbocycles. The van der Waals surface area contributed by atoms with Crippen LogP contribution in [-0.4, -0.2) is 51.3 Å². The van der Waals surface area contributed by atoms with Crippen molar-refractivity contribution in [2.45, 2.75) is 0 Å². The summed E-state index contributed by atoms with van der Waals surface area (Å²) in [6.07, 6.45) is 0. The number of nitrogens with zero attached hydrogens (tertiary/aromatic N) is 4. The van der Waals surface area contributed by atoms with E-state index in [-0.39, 0.29) is 12.3 Å². The van der Waals surface area contributed by atoms with E-state index in [1.807, 2.05) is 57.4 Å². The molecule has 0 aliphatic carbocycles. The average Bonchev–Trinajstić information content (AvgIpc) is 2.83.